The van der Waals surface area contributed by atoms with Gasteiger partial charge >= 0.3 is 0 Å². The second-order valence-electron chi connectivity index (χ2n) is 7.99. The Morgan fingerprint density at radius 2 is 2.00 bits per heavy atom. The van der Waals surface area contributed by atoms with Crippen molar-refractivity contribution in [2.45, 2.75) is 51.5 Å². The first-order chi connectivity index (χ1) is 13.8. The molecule has 1 aliphatic rings. The smallest absolute Gasteiger partial charge is 0.122 e. The van der Waals surface area contributed by atoms with Crippen molar-refractivity contribution in [2.75, 3.05) is 20.2 Å². The molecule has 2 aromatic carbocycles. The number of aromatic nitrogens is 1. The molecule has 1 N–H and O–H groups in total. The van der Waals surface area contributed by atoms with Crippen LogP contribution < -0.4 is 4.74 Å². The minimum atomic E-state index is 0.631. The molecule has 0 saturated carbocycles. The number of fused-ring (bicyclic) bond motifs is 2. The van der Waals surface area contributed by atoms with E-state index in [0.29, 0.717) is 6.04 Å². The van der Waals surface area contributed by atoms with Gasteiger partial charge in [-0.1, -0.05) is 37.3 Å². The molecule has 0 radical (unpaired) electrons. The highest BCUT2D eigenvalue weighted by Gasteiger charge is 2.25. The molecule has 3 heteroatoms. The summed E-state index contributed by atoms with van der Waals surface area (Å²) in [5.41, 5.74) is 5.60. The lowest BCUT2D eigenvalue weighted by Gasteiger charge is -2.35. The van der Waals surface area contributed by atoms with Gasteiger partial charge < -0.3 is 14.6 Å². The Morgan fingerprint density at radius 3 is 2.86 bits per heavy atom. The summed E-state index contributed by atoms with van der Waals surface area (Å²) in [6, 6.07) is 15.8. The summed E-state index contributed by atoms with van der Waals surface area (Å²) in [6.07, 6.45) is 9.28. The molecule has 0 amide bonds. The van der Waals surface area contributed by atoms with Crippen LogP contribution in [0.3, 0.4) is 0 Å². The lowest BCUT2D eigenvalue weighted by molar-refractivity contribution is 0.176. The maximum atomic E-state index is 5.65. The number of H-pyrrole nitrogens is 1. The van der Waals surface area contributed by atoms with Gasteiger partial charge in [0.1, 0.15) is 5.75 Å². The van der Waals surface area contributed by atoms with Crippen LogP contribution in [0.1, 0.15) is 42.9 Å². The van der Waals surface area contributed by atoms with Crippen LogP contribution in [0.5, 0.6) is 5.75 Å². The van der Waals surface area contributed by atoms with E-state index < -0.39 is 0 Å². The third kappa shape index (κ3) is 3.95. The van der Waals surface area contributed by atoms with Crippen molar-refractivity contribution in [1.29, 1.82) is 0 Å². The maximum Gasteiger partial charge on any atom is 0.122 e. The van der Waals surface area contributed by atoms with E-state index >= 15 is 0 Å². The van der Waals surface area contributed by atoms with E-state index in [-0.39, 0.29) is 0 Å². The molecule has 0 bridgehead atoms. The van der Waals surface area contributed by atoms with Crippen LogP contribution in [-0.2, 0) is 19.3 Å². The van der Waals surface area contributed by atoms with Crippen LogP contribution in [-0.4, -0.2) is 36.1 Å². The van der Waals surface area contributed by atoms with E-state index in [2.05, 4.69) is 65.5 Å². The summed E-state index contributed by atoms with van der Waals surface area (Å²) >= 11 is 0. The molecule has 4 rings (SSSR count). The number of benzene rings is 2. The predicted octanol–water partition coefficient (Wildman–Crippen LogP) is 5.38. The molecule has 28 heavy (non-hydrogen) atoms. The van der Waals surface area contributed by atoms with E-state index in [1.165, 1.54) is 66.4 Å². The van der Waals surface area contributed by atoms with Gasteiger partial charge in [-0.05, 0) is 80.4 Å². The van der Waals surface area contributed by atoms with Gasteiger partial charge in [-0.25, -0.2) is 0 Å². The highest BCUT2D eigenvalue weighted by atomic mass is 16.5. The van der Waals surface area contributed by atoms with Crippen molar-refractivity contribution >= 4 is 10.9 Å². The maximum absolute atomic E-state index is 5.65. The van der Waals surface area contributed by atoms with Gasteiger partial charge in [-0.3, -0.25) is 0 Å². The second kappa shape index (κ2) is 8.83. The fourth-order valence-electron chi connectivity index (χ4n) is 4.81. The zero-order valence-electron chi connectivity index (χ0n) is 17.2. The Bertz CT molecular complexity index is 900. The fraction of sp³-hybridized carbons (Fsp3) is 0.440. The second-order valence-corrected chi connectivity index (χ2v) is 7.99. The number of para-hydroxylation sites is 1. The predicted molar refractivity (Wildman–Crippen MR) is 117 cm³/mol. The number of methoxy groups -OCH3 is 1. The first kappa shape index (κ1) is 19.1. The van der Waals surface area contributed by atoms with Gasteiger partial charge in [-0.2, -0.15) is 0 Å². The van der Waals surface area contributed by atoms with E-state index in [1.54, 1.807) is 7.11 Å². The molecular formula is C25H32N2O. The summed E-state index contributed by atoms with van der Waals surface area (Å²) in [6.45, 7) is 4.65. The van der Waals surface area contributed by atoms with Crippen LogP contribution in [0.2, 0.25) is 0 Å². The number of aryl methyl sites for hydroxylation is 2. The first-order valence-electron chi connectivity index (χ1n) is 10.7. The van der Waals surface area contributed by atoms with E-state index in [4.69, 9.17) is 4.74 Å². The molecule has 1 aliphatic carbocycles. The van der Waals surface area contributed by atoms with E-state index in [1.807, 2.05) is 0 Å². The topological polar surface area (TPSA) is 28.3 Å². The number of hydrogen-bond acceptors (Lipinski definition) is 2. The zero-order chi connectivity index (χ0) is 19.3. The summed E-state index contributed by atoms with van der Waals surface area (Å²) in [4.78, 5) is 6.14. The molecule has 148 valence electrons. The van der Waals surface area contributed by atoms with Crippen molar-refractivity contribution < 1.29 is 4.74 Å². The van der Waals surface area contributed by atoms with Crippen molar-refractivity contribution in [3.05, 3.63) is 65.4 Å². The summed E-state index contributed by atoms with van der Waals surface area (Å²) in [7, 11) is 1.80. The Balaban J connectivity index is 1.41. The average molecular weight is 377 g/mol. The van der Waals surface area contributed by atoms with Gasteiger partial charge in [-0.15, -0.1) is 0 Å². The molecule has 0 saturated heterocycles. The molecule has 3 nitrogen and oxygen atoms in total. The van der Waals surface area contributed by atoms with Gasteiger partial charge in [0.15, 0.2) is 0 Å². The Morgan fingerprint density at radius 1 is 1.11 bits per heavy atom. The molecule has 0 spiro atoms. The van der Waals surface area contributed by atoms with Crippen LogP contribution in [0, 0.1) is 0 Å². The minimum Gasteiger partial charge on any atom is -0.496 e. The molecule has 0 aliphatic heterocycles. The molecule has 1 atom stereocenters. The summed E-state index contributed by atoms with van der Waals surface area (Å²) < 4.78 is 5.65. The van der Waals surface area contributed by atoms with Crippen molar-refractivity contribution in [1.82, 2.24) is 9.88 Å². The number of nitrogens with one attached hydrogen (secondary N) is 1. The lowest BCUT2D eigenvalue weighted by Crippen LogP contribution is -2.40. The summed E-state index contributed by atoms with van der Waals surface area (Å²) in [5.74, 6) is 1.07. The molecular weight excluding hydrogens is 344 g/mol. The Labute approximate surface area is 168 Å². The monoisotopic (exact) mass is 376 g/mol. The third-order valence-electron chi connectivity index (χ3n) is 6.23. The van der Waals surface area contributed by atoms with E-state index in [9.17, 15) is 0 Å². The van der Waals surface area contributed by atoms with Crippen LogP contribution in [0.15, 0.2) is 48.7 Å². The molecule has 1 aromatic heterocycles. The van der Waals surface area contributed by atoms with Crippen LogP contribution in [0.4, 0.5) is 0 Å². The van der Waals surface area contributed by atoms with Crippen molar-refractivity contribution in [3.8, 4) is 5.75 Å². The largest absolute Gasteiger partial charge is 0.496 e. The van der Waals surface area contributed by atoms with Gasteiger partial charge in [0.2, 0.25) is 0 Å². The molecule has 1 unspecified atom stereocenters. The van der Waals surface area contributed by atoms with Crippen LogP contribution in [0.25, 0.3) is 10.9 Å². The number of nitrogens with zero attached hydrogens (tertiary/aromatic N) is 1. The Hall–Kier alpha value is -2.26. The van der Waals surface area contributed by atoms with E-state index in [0.717, 1.165) is 18.6 Å². The number of rotatable bonds is 8. The normalized spacial score (nSPS) is 16.5. The molecule has 1 heterocycles. The minimum absolute atomic E-state index is 0.631. The number of hydrogen-bond donors (Lipinski definition) is 1. The van der Waals surface area contributed by atoms with Crippen LogP contribution >= 0.6 is 0 Å². The summed E-state index contributed by atoms with van der Waals surface area (Å²) in [5, 5.41) is 1.38. The van der Waals surface area contributed by atoms with Gasteiger partial charge in [0.05, 0.1) is 7.11 Å². The highest BCUT2D eigenvalue weighted by Crippen LogP contribution is 2.31. The number of ether oxygens (including phenoxy) is 1. The quantitative estimate of drug-likeness (QED) is 0.572. The zero-order valence-corrected chi connectivity index (χ0v) is 17.2. The molecule has 3 aromatic rings. The number of aromatic amines is 1. The lowest BCUT2D eigenvalue weighted by atomic mass is 9.86. The average Bonchev–Trinajstić information content (AvgIpc) is 3.15. The van der Waals surface area contributed by atoms with Gasteiger partial charge in [0, 0.05) is 23.1 Å². The fourth-order valence-corrected chi connectivity index (χ4v) is 4.81. The first-order valence-corrected chi connectivity index (χ1v) is 10.7. The standard InChI is InChI=1S/C25H32N2O/c1-3-15-27(16-7-9-20-18-26-24-11-5-4-10-22(20)24)21-14-13-19-8-6-12-25(28-2)23(19)17-21/h4-6,8,10-12,18,21,26H,3,7,9,13-17H2,1-2H3. The van der Waals surface area contributed by atoms with Crippen molar-refractivity contribution in [2.24, 2.45) is 0 Å². The Kier molecular flexibility index (Phi) is 6.01. The SMILES string of the molecule is CCCN(CCCc1c[nH]c2ccccc12)C1CCc2cccc(OC)c2C1. The van der Waals surface area contributed by atoms with Gasteiger partial charge in [0.25, 0.3) is 0 Å². The highest BCUT2D eigenvalue weighted by molar-refractivity contribution is 5.82. The third-order valence-corrected chi connectivity index (χ3v) is 6.23. The molecule has 0 fully saturated rings. The van der Waals surface area contributed by atoms with Crippen molar-refractivity contribution in [3.63, 3.8) is 0 Å².